The van der Waals surface area contributed by atoms with Crippen LogP contribution in [0.25, 0.3) is 22.1 Å². The van der Waals surface area contributed by atoms with Crippen molar-refractivity contribution < 1.29 is 13.7 Å². The Bertz CT molecular complexity index is 1110. The van der Waals surface area contributed by atoms with E-state index in [-0.39, 0.29) is 28.3 Å². The molecule has 4 heterocycles. The zero-order valence-electron chi connectivity index (χ0n) is 13.2. The van der Waals surface area contributed by atoms with Gasteiger partial charge >= 0.3 is 0 Å². The first kappa shape index (κ1) is 14.6. The van der Waals surface area contributed by atoms with Gasteiger partial charge < -0.3 is 14.2 Å². The summed E-state index contributed by atoms with van der Waals surface area (Å²) in [7, 11) is 0. The largest absolute Gasteiger partial charge is 0.378 e. The number of fused-ring (bicyclic) bond motifs is 2. The summed E-state index contributed by atoms with van der Waals surface area (Å²) < 4.78 is 26.9. The molecule has 3 aromatic heterocycles. The molecule has 2 aliphatic rings. The number of hydrogen-bond donors (Lipinski definition) is 1. The Kier molecular flexibility index (Phi) is 3.02. The number of nitrogens with one attached hydrogen (secondary N) is 1. The van der Waals surface area contributed by atoms with Crippen LogP contribution in [0.5, 0.6) is 0 Å². The van der Waals surface area contributed by atoms with E-state index < -0.39 is 16.8 Å². The van der Waals surface area contributed by atoms with Gasteiger partial charge in [-0.05, 0) is 18.9 Å². The quantitative estimate of drug-likeness (QED) is 0.748. The first-order chi connectivity index (χ1) is 12.1. The number of H-pyrrole nitrogens is 1. The molecule has 0 amide bonds. The highest BCUT2D eigenvalue weighted by atomic mass is 19.1. The van der Waals surface area contributed by atoms with Crippen molar-refractivity contribution in [1.29, 1.82) is 0 Å². The molecule has 5 rings (SSSR count). The Morgan fingerprint density at radius 1 is 1.24 bits per heavy atom. The Morgan fingerprint density at radius 3 is 2.72 bits per heavy atom. The first-order valence-electron chi connectivity index (χ1n) is 8.24. The van der Waals surface area contributed by atoms with Crippen molar-refractivity contribution in [2.45, 2.75) is 18.9 Å². The fraction of sp³-hybridized carbons (Fsp3) is 0.438. The van der Waals surface area contributed by atoms with Gasteiger partial charge in [0.1, 0.15) is 5.65 Å². The van der Waals surface area contributed by atoms with E-state index >= 15 is 0 Å². The van der Waals surface area contributed by atoms with Crippen LogP contribution in [0.3, 0.4) is 0 Å². The summed E-state index contributed by atoms with van der Waals surface area (Å²) in [5.74, 6) is -0.380. The van der Waals surface area contributed by atoms with Crippen LogP contribution in [0.2, 0.25) is 0 Å². The predicted octanol–water partition coefficient (Wildman–Crippen LogP) is 1.14. The maximum absolute atomic E-state index is 14.7. The number of morpholine rings is 1. The molecule has 1 saturated heterocycles. The lowest BCUT2D eigenvalue weighted by molar-refractivity contribution is 0.122. The second-order valence-electron chi connectivity index (χ2n) is 6.41. The monoisotopic (exact) mass is 346 g/mol. The fourth-order valence-corrected chi connectivity index (χ4v) is 3.38. The van der Waals surface area contributed by atoms with Gasteiger partial charge in [-0.15, -0.1) is 0 Å². The molecular weight excluding hydrogens is 331 g/mol. The molecular formula is C16H15FN4O4. The smallest absolute Gasteiger partial charge is 0.293 e. The van der Waals surface area contributed by atoms with Crippen molar-refractivity contribution in [3.8, 4) is 0 Å². The van der Waals surface area contributed by atoms with Crippen LogP contribution in [-0.2, 0) is 4.74 Å². The Morgan fingerprint density at radius 2 is 2.00 bits per heavy atom. The number of aromatic nitrogens is 3. The third-order valence-corrected chi connectivity index (χ3v) is 4.76. The van der Waals surface area contributed by atoms with Crippen molar-refractivity contribution in [3.63, 3.8) is 0 Å². The van der Waals surface area contributed by atoms with E-state index in [1.165, 1.54) is 6.07 Å². The molecule has 2 fully saturated rings. The molecule has 3 aromatic rings. The molecule has 0 aromatic carbocycles. The lowest BCUT2D eigenvalue weighted by Gasteiger charge is -2.28. The minimum absolute atomic E-state index is 0.0836. The zero-order valence-corrected chi connectivity index (χ0v) is 13.2. The van der Waals surface area contributed by atoms with Gasteiger partial charge in [-0.3, -0.25) is 14.2 Å². The third kappa shape index (κ3) is 2.12. The summed E-state index contributed by atoms with van der Waals surface area (Å²) in [6.45, 7) is 2.07. The van der Waals surface area contributed by atoms with Crippen molar-refractivity contribution in [1.82, 2.24) is 14.7 Å². The normalized spacial score (nSPS) is 18.4. The molecule has 130 valence electrons. The van der Waals surface area contributed by atoms with Gasteiger partial charge in [0.25, 0.3) is 5.56 Å². The van der Waals surface area contributed by atoms with Crippen molar-refractivity contribution >= 4 is 28.0 Å². The van der Waals surface area contributed by atoms with Crippen LogP contribution in [0, 0.1) is 5.82 Å². The molecule has 1 saturated carbocycles. The summed E-state index contributed by atoms with van der Waals surface area (Å²) in [4.78, 5) is 30.9. The van der Waals surface area contributed by atoms with Gasteiger partial charge in [0, 0.05) is 19.1 Å². The van der Waals surface area contributed by atoms with Crippen LogP contribution in [-0.4, -0.2) is 41.0 Å². The molecule has 0 atom stereocenters. The molecule has 0 unspecified atom stereocenters. The van der Waals surface area contributed by atoms with Gasteiger partial charge in [-0.2, -0.15) is 5.16 Å². The van der Waals surface area contributed by atoms with Gasteiger partial charge in [0.15, 0.2) is 17.0 Å². The van der Waals surface area contributed by atoms with Gasteiger partial charge in [-0.1, -0.05) is 0 Å². The first-order valence-corrected chi connectivity index (χ1v) is 8.24. The highest BCUT2D eigenvalue weighted by Gasteiger charge is 2.31. The highest BCUT2D eigenvalue weighted by Crippen LogP contribution is 2.39. The SMILES string of the molecule is O=c1[nH]oc2c1c(=O)c1cc(F)c(N3CCOCC3)nc1n2C1CC1. The molecule has 0 spiro atoms. The molecule has 8 nitrogen and oxygen atoms in total. The molecule has 1 aliphatic heterocycles. The summed E-state index contributed by atoms with van der Waals surface area (Å²) in [5.41, 5.74) is -0.631. The van der Waals surface area contributed by atoms with E-state index in [1.54, 1.807) is 9.47 Å². The van der Waals surface area contributed by atoms with Gasteiger partial charge in [-0.25, -0.2) is 9.37 Å². The van der Waals surface area contributed by atoms with Gasteiger partial charge in [0.05, 0.1) is 18.6 Å². The highest BCUT2D eigenvalue weighted by molar-refractivity contribution is 5.90. The molecule has 9 heteroatoms. The number of rotatable bonds is 2. The molecule has 25 heavy (non-hydrogen) atoms. The van der Waals surface area contributed by atoms with Crippen LogP contribution >= 0.6 is 0 Å². The van der Waals surface area contributed by atoms with E-state index in [0.29, 0.717) is 32.0 Å². The summed E-state index contributed by atoms with van der Waals surface area (Å²) in [5, 5.41) is 2.22. The summed E-state index contributed by atoms with van der Waals surface area (Å²) in [6, 6.07) is 1.28. The average Bonchev–Trinajstić information content (AvgIpc) is 3.38. The number of ether oxygens (including phenoxy) is 1. The van der Waals surface area contributed by atoms with Crippen molar-refractivity contribution in [2.75, 3.05) is 31.2 Å². The Labute approximate surface area is 139 Å². The van der Waals surface area contributed by atoms with Crippen LogP contribution in [0.1, 0.15) is 18.9 Å². The Balaban J connectivity index is 1.86. The number of aromatic amines is 1. The number of hydrogen-bond acceptors (Lipinski definition) is 6. The van der Waals surface area contributed by atoms with Crippen molar-refractivity contribution in [3.05, 3.63) is 32.5 Å². The molecule has 0 radical (unpaired) electrons. The topological polar surface area (TPSA) is 93.4 Å². The molecule has 1 aliphatic carbocycles. The number of pyridine rings is 2. The lowest BCUT2D eigenvalue weighted by Crippen LogP contribution is -2.37. The maximum atomic E-state index is 14.7. The lowest BCUT2D eigenvalue weighted by atomic mass is 10.2. The molecule has 0 bridgehead atoms. The van der Waals surface area contributed by atoms with E-state index in [2.05, 4.69) is 10.1 Å². The second kappa shape index (κ2) is 5.16. The van der Waals surface area contributed by atoms with E-state index in [0.717, 1.165) is 12.8 Å². The van der Waals surface area contributed by atoms with Gasteiger partial charge in [0.2, 0.25) is 11.1 Å². The second-order valence-corrected chi connectivity index (χ2v) is 6.41. The number of anilines is 1. The minimum Gasteiger partial charge on any atom is -0.378 e. The van der Waals surface area contributed by atoms with E-state index in [1.807, 2.05) is 0 Å². The Hall–Kier alpha value is -2.68. The summed E-state index contributed by atoms with van der Waals surface area (Å²) in [6.07, 6.45) is 1.79. The van der Waals surface area contributed by atoms with E-state index in [4.69, 9.17) is 9.26 Å². The average molecular weight is 346 g/mol. The standard InChI is InChI=1S/C16H15FN4O4/c17-10-7-9-12(22)11-15(23)19-25-16(11)21(8-1-2-8)13(9)18-14(10)20-3-5-24-6-4-20/h7-8H,1-6H2,(H,19,23). The third-order valence-electron chi connectivity index (χ3n) is 4.76. The number of nitrogens with zero attached hydrogens (tertiary/aromatic N) is 3. The summed E-state index contributed by atoms with van der Waals surface area (Å²) >= 11 is 0. The maximum Gasteiger partial charge on any atom is 0.293 e. The zero-order chi connectivity index (χ0) is 17.1. The van der Waals surface area contributed by atoms with Crippen LogP contribution < -0.4 is 15.9 Å². The predicted molar refractivity (Wildman–Crippen MR) is 87.7 cm³/mol. The van der Waals surface area contributed by atoms with Crippen molar-refractivity contribution in [2.24, 2.45) is 0 Å². The minimum atomic E-state index is -0.603. The van der Waals surface area contributed by atoms with Crippen LogP contribution in [0.4, 0.5) is 10.2 Å². The number of halogens is 1. The van der Waals surface area contributed by atoms with Crippen LogP contribution in [0.15, 0.2) is 20.2 Å². The fourth-order valence-electron chi connectivity index (χ4n) is 3.38. The van der Waals surface area contributed by atoms with E-state index in [9.17, 15) is 14.0 Å². The molecule has 1 N–H and O–H groups in total.